The van der Waals surface area contributed by atoms with E-state index in [0.29, 0.717) is 18.1 Å². The predicted octanol–water partition coefficient (Wildman–Crippen LogP) is 3.30. The number of nitrogen functional groups attached to an aromatic ring is 1. The van der Waals surface area contributed by atoms with Crippen LogP contribution in [-0.2, 0) is 0 Å². The summed E-state index contributed by atoms with van der Waals surface area (Å²) in [6, 6.07) is 8.53. The van der Waals surface area contributed by atoms with Crippen LogP contribution in [0, 0.1) is 5.82 Å². The average molecular weight is 291 g/mol. The van der Waals surface area contributed by atoms with Crippen LogP contribution in [0.25, 0.3) is 0 Å². The second-order valence-electron chi connectivity index (χ2n) is 4.18. The van der Waals surface area contributed by atoms with Crippen molar-refractivity contribution in [3.05, 3.63) is 47.8 Å². The molecule has 110 valence electrons. The Kier molecular flexibility index (Phi) is 4.27. The number of benzene rings is 2. The number of anilines is 1. The lowest BCUT2D eigenvalue weighted by Gasteiger charge is -2.10. The molecule has 0 amide bonds. The van der Waals surface area contributed by atoms with Crippen molar-refractivity contribution in [2.24, 2.45) is 0 Å². The van der Waals surface area contributed by atoms with Crippen LogP contribution in [0.15, 0.2) is 36.4 Å². The molecule has 0 unspecified atom stereocenters. The molecule has 0 spiro atoms. The minimum atomic E-state index is -1.25. The molecule has 6 heteroatoms. The third kappa shape index (κ3) is 3.42. The summed E-state index contributed by atoms with van der Waals surface area (Å²) in [5, 5.41) is 8.97. The maximum Gasteiger partial charge on any atom is 0.337 e. The molecule has 0 heterocycles. The fourth-order valence-electron chi connectivity index (χ4n) is 1.73. The van der Waals surface area contributed by atoms with Crippen molar-refractivity contribution in [2.45, 2.75) is 6.92 Å². The normalized spacial score (nSPS) is 10.2. The first kappa shape index (κ1) is 14.6. The van der Waals surface area contributed by atoms with Gasteiger partial charge in [-0.2, -0.15) is 0 Å². The fourth-order valence-corrected chi connectivity index (χ4v) is 1.73. The zero-order valence-corrected chi connectivity index (χ0v) is 11.3. The van der Waals surface area contributed by atoms with Gasteiger partial charge in [0.05, 0.1) is 12.2 Å². The van der Waals surface area contributed by atoms with Crippen molar-refractivity contribution in [2.75, 3.05) is 12.3 Å². The van der Waals surface area contributed by atoms with Gasteiger partial charge in [0.25, 0.3) is 0 Å². The first-order valence-electron chi connectivity index (χ1n) is 6.24. The number of carbonyl (C=O) groups is 1. The Balaban J connectivity index is 2.26. The largest absolute Gasteiger partial charge is 0.494 e. The van der Waals surface area contributed by atoms with Crippen molar-refractivity contribution >= 4 is 11.7 Å². The molecule has 21 heavy (non-hydrogen) atoms. The molecule has 0 atom stereocenters. The molecule has 0 fully saturated rings. The van der Waals surface area contributed by atoms with Gasteiger partial charge < -0.3 is 20.3 Å². The van der Waals surface area contributed by atoms with Crippen molar-refractivity contribution in [3.63, 3.8) is 0 Å². The number of aromatic carboxylic acids is 1. The molecule has 0 saturated heterocycles. The van der Waals surface area contributed by atoms with Gasteiger partial charge >= 0.3 is 5.97 Å². The second-order valence-corrected chi connectivity index (χ2v) is 4.18. The van der Waals surface area contributed by atoms with Crippen molar-refractivity contribution in [1.82, 2.24) is 0 Å². The summed E-state index contributed by atoms with van der Waals surface area (Å²) in [5.74, 6) is -1.16. The van der Waals surface area contributed by atoms with E-state index in [9.17, 15) is 9.18 Å². The molecule has 0 aliphatic rings. The van der Waals surface area contributed by atoms with Crippen molar-refractivity contribution in [1.29, 1.82) is 0 Å². The molecule has 2 aromatic rings. The monoisotopic (exact) mass is 291 g/mol. The van der Waals surface area contributed by atoms with Gasteiger partial charge in [-0.05, 0) is 31.2 Å². The SMILES string of the molecule is CCOc1ccc(Oc2cc(C(=O)O)c(N)cc2F)cc1. The van der Waals surface area contributed by atoms with Crippen molar-refractivity contribution in [3.8, 4) is 17.2 Å². The zero-order valence-electron chi connectivity index (χ0n) is 11.3. The summed E-state index contributed by atoms with van der Waals surface area (Å²) in [5.41, 5.74) is 5.08. The molecule has 5 nitrogen and oxygen atoms in total. The smallest absolute Gasteiger partial charge is 0.337 e. The lowest BCUT2D eigenvalue weighted by Crippen LogP contribution is -2.04. The van der Waals surface area contributed by atoms with Gasteiger partial charge in [0.15, 0.2) is 11.6 Å². The highest BCUT2D eigenvalue weighted by Crippen LogP contribution is 2.29. The van der Waals surface area contributed by atoms with Crippen LogP contribution in [0.2, 0.25) is 0 Å². The number of ether oxygens (including phenoxy) is 2. The summed E-state index contributed by atoms with van der Waals surface area (Å²) in [6.45, 7) is 2.40. The Bertz CT molecular complexity index is 655. The van der Waals surface area contributed by atoms with E-state index in [2.05, 4.69) is 0 Å². The Morgan fingerprint density at radius 3 is 2.43 bits per heavy atom. The lowest BCUT2D eigenvalue weighted by atomic mass is 10.1. The maximum atomic E-state index is 13.8. The Labute approximate surface area is 120 Å². The minimum Gasteiger partial charge on any atom is -0.494 e. The molecule has 3 N–H and O–H groups in total. The average Bonchev–Trinajstić information content (AvgIpc) is 2.43. The van der Waals surface area contributed by atoms with Gasteiger partial charge in [-0.25, -0.2) is 9.18 Å². The van der Waals surface area contributed by atoms with E-state index < -0.39 is 11.8 Å². The van der Waals surface area contributed by atoms with Gasteiger partial charge in [0.1, 0.15) is 11.5 Å². The first-order chi connectivity index (χ1) is 10.0. The molecule has 0 radical (unpaired) electrons. The molecule has 2 rings (SSSR count). The van der Waals surface area contributed by atoms with Crippen LogP contribution in [0.4, 0.5) is 10.1 Å². The Hall–Kier alpha value is -2.76. The summed E-state index contributed by atoms with van der Waals surface area (Å²) in [4.78, 5) is 11.0. The summed E-state index contributed by atoms with van der Waals surface area (Å²) in [6.07, 6.45) is 0. The third-order valence-electron chi connectivity index (χ3n) is 2.70. The molecule has 0 aliphatic heterocycles. The van der Waals surface area contributed by atoms with Crippen LogP contribution in [-0.4, -0.2) is 17.7 Å². The molecule has 2 aromatic carbocycles. The van der Waals surface area contributed by atoms with Gasteiger partial charge in [-0.1, -0.05) is 0 Å². The van der Waals surface area contributed by atoms with E-state index >= 15 is 0 Å². The number of carboxylic acid groups (broad SMARTS) is 1. The van der Waals surface area contributed by atoms with Crippen LogP contribution < -0.4 is 15.2 Å². The van der Waals surface area contributed by atoms with Gasteiger partial charge in [0.2, 0.25) is 0 Å². The van der Waals surface area contributed by atoms with Crippen molar-refractivity contribution < 1.29 is 23.8 Å². The summed E-state index contributed by atoms with van der Waals surface area (Å²) < 4.78 is 24.4. The summed E-state index contributed by atoms with van der Waals surface area (Å²) >= 11 is 0. The van der Waals surface area contributed by atoms with E-state index in [1.54, 1.807) is 24.3 Å². The highest BCUT2D eigenvalue weighted by atomic mass is 19.1. The van der Waals surface area contributed by atoms with E-state index in [-0.39, 0.29) is 17.0 Å². The minimum absolute atomic E-state index is 0.154. The quantitative estimate of drug-likeness (QED) is 0.826. The Morgan fingerprint density at radius 1 is 1.24 bits per heavy atom. The van der Waals surface area contributed by atoms with E-state index in [1.807, 2.05) is 6.92 Å². The van der Waals surface area contributed by atoms with E-state index in [1.165, 1.54) is 0 Å². The molecular weight excluding hydrogens is 277 g/mol. The number of halogens is 1. The van der Waals surface area contributed by atoms with Gasteiger partial charge in [-0.15, -0.1) is 0 Å². The second kappa shape index (κ2) is 6.13. The molecule has 0 saturated carbocycles. The zero-order chi connectivity index (χ0) is 15.4. The predicted molar refractivity (Wildman–Crippen MR) is 75.5 cm³/mol. The lowest BCUT2D eigenvalue weighted by molar-refractivity contribution is 0.0697. The van der Waals surface area contributed by atoms with Crippen LogP contribution in [0.5, 0.6) is 17.2 Å². The molecular formula is C15H14FNO4. The van der Waals surface area contributed by atoms with Gasteiger partial charge in [-0.3, -0.25) is 0 Å². The maximum absolute atomic E-state index is 13.8. The van der Waals surface area contributed by atoms with Crippen LogP contribution in [0.3, 0.4) is 0 Å². The molecule has 0 aliphatic carbocycles. The number of hydrogen-bond acceptors (Lipinski definition) is 4. The molecule has 0 bridgehead atoms. The fraction of sp³-hybridized carbons (Fsp3) is 0.133. The number of carboxylic acids is 1. The standard InChI is InChI=1S/C15H14FNO4/c1-2-20-9-3-5-10(6-4-9)21-14-7-11(15(18)19)13(17)8-12(14)16/h3-8H,2,17H2,1H3,(H,18,19). The number of hydrogen-bond donors (Lipinski definition) is 2. The Morgan fingerprint density at radius 2 is 1.86 bits per heavy atom. The van der Waals surface area contributed by atoms with Gasteiger partial charge in [0, 0.05) is 17.8 Å². The summed E-state index contributed by atoms with van der Waals surface area (Å²) in [7, 11) is 0. The third-order valence-corrected chi connectivity index (χ3v) is 2.70. The van der Waals surface area contributed by atoms with Crippen LogP contribution >= 0.6 is 0 Å². The van der Waals surface area contributed by atoms with Crippen LogP contribution in [0.1, 0.15) is 17.3 Å². The highest BCUT2D eigenvalue weighted by molar-refractivity contribution is 5.94. The highest BCUT2D eigenvalue weighted by Gasteiger charge is 2.14. The number of nitrogens with two attached hydrogens (primary N) is 1. The molecule has 0 aromatic heterocycles. The topological polar surface area (TPSA) is 81.8 Å². The van der Waals surface area contributed by atoms with E-state index in [4.69, 9.17) is 20.3 Å². The van der Waals surface area contributed by atoms with E-state index in [0.717, 1.165) is 12.1 Å². The number of rotatable bonds is 5. The first-order valence-corrected chi connectivity index (χ1v) is 6.24.